The molecule has 2 aromatic rings. The molecule has 0 bridgehead atoms. The minimum atomic E-state index is -3.13. The molecule has 0 aliphatic carbocycles. The Kier molecular flexibility index (Phi) is 6.40. The van der Waals surface area contributed by atoms with Gasteiger partial charge in [0.05, 0.1) is 17.1 Å². The number of hydrogen-bond donors (Lipinski definition) is 2. The van der Waals surface area contributed by atoms with E-state index in [4.69, 9.17) is 11.6 Å². The second kappa shape index (κ2) is 8.11. The molecule has 2 rings (SSSR count). The summed E-state index contributed by atoms with van der Waals surface area (Å²) in [6, 6.07) is 7.53. The number of sulfonamides is 1. The Hall–Kier alpha value is -1.41. The van der Waals surface area contributed by atoms with Gasteiger partial charge in [-0.05, 0) is 45.0 Å². The van der Waals surface area contributed by atoms with Crippen LogP contribution in [0.3, 0.4) is 0 Å². The molecule has 8 heteroatoms. The fourth-order valence-electron chi connectivity index (χ4n) is 2.37. The van der Waals surface area contributed by atoms with Crippen molar-refractivity contribution >= 4 is 21.6 Å². The average Bonchev–Trinajstić information content (AvgIpc) is 2.83. The van der Waals surface area contributed by atoms with Gasteiger partial charge in [0.2, 0.25) is 10.0 Å². The first-order valence-corrected chi connectivity index (χ1v) is 9.86. The molecule has 0 saturated carbocycles. The van der Waals surface area contributed by atoms with Gasteiger partial charge in [-0.25, -0.2) is 17.8 Å². The maximum Gasteiger partial charge on any atom is 0.211 e. The van der Waals surface area contributed by atoms with Crippen molar-refractivity contribution in [3.8, 4) is 5.69 Å². The average molecular weight is 371 g/mol. The summed E-state index contributed by atoms with van der Waals surface area (Å²) in [6.07, 6.45) is 0. The van der Waals surface area contributed by atoms with E-state index in [0.717, 1.165) is 22.6 Å². The third-order valence-electron chi connectivity index (χ3n) is 3.82. The molecular formula is C16H23ClN4O2S. The highest BCUT2D eigenvalue weighted by molar-refractivity contribution is 7.89. The Morgan fingerprint density at radius 2 is 1.83 bits per heavy atom. The number of benzene rings is 1. The minimum Gasteiger partial charge on any atom is -0.311 e. The monoisotopic (exact) mass is 370 g/mol. The lowest BCUT2D eigenvalue weighted by Gasteiger charge is -2.08. The van der Waals surface area contributed by atoms with Crippen LogP contribution >= 0.6 is 11.6 Å². The fourth-order valence-corrected chi connectivity index (χ4v) is 3.12. The zero-order chi connectivity index (χ0) is 17.7. The first-order valence-electron chi connectivity index (χ1n) is 7.83. The van der Waals surface area contributed by atoms with Crippen molar-refractivity contribution in [2.24, 2.45) is 0 Å². The van der Waals surface area contributed by atoms with Crippen LogP contribution in [0, 0.1) is 13.8 Å². The van der Waals surface area contributed by atoms with Gasteiger partial charge in [-0.15, -0.1) is 0 Å². The van der Waals surface area contributed by atoms with Gasteiger partial charge < -0.3 is 5.32 Å². The molecule has 1 heterocycles. The Labute approximate surface area is 148 Å². The predicted molar refractivity (Wildman–Crippen MR) is 97.2 cm³/mol. The van der Waals surface area contributed by atoms with Gasteiger partial charge in [0.15, 0.2) is 0 Å². The number of rotatable bonds is 8. The smallest absolute Gasteiger partial charge is 0.211 e. The number of aryl methyl sites for hydroxylation is 1. The number of hydrogen-bond acceptors (Lipinski definition) is 4. The van der Waals surface area contributed by atoms with Crippen LogP contribution in [-0.4, -0.2) is 37.0 Å². The first kappa shape index (κ1) is 18.9. The van der Waals surface area contributed by atoms with Gasteiger partial charge >= 0.3 is 0 Å². The highest BCUT2D eigenvalue weighted by Crippen LogP contribution is 2.19. The van der Waals surface area contributed by atoms with E-state index in [-0.39, 0.29) is 5.75 Å². The van der Waals surface area contributed by atoms with E-state index in [9.17, 15) is 8.42 Å². The molecule has 2 N–H and O–H groups in total. The van der Waals surface area contributed by atoms with E-state index >= 15 is 0 Å². The Morgan fingerprint density at radius 3 is 2.46 bits per heavy atom. The molecule has 0 saturated heterocycles. The SMILES string of the molecule is CCS(=O)(=O)NCCNCc1c(C)nn(-c2ccc(Cl)cc2)c1C. The first-order chi connectivity index (χ1) is 11.3. The fraction of sp³-hybridized carbons (Fsp3) is 0.438. The molecule has 132 valence electrons. The second-order valence-corrected chi connectivity index (χ2v) is 8.04. The molecule has 6 nitrogen and oxygen atoms in total. The lowest BCUT2D eigenvalue weighted by Crippen LogP contribution is -2.32. The van der Waals surface area contributed by atoms with Crippen LogP contribution in [0.5, 0.6) is 0 Å². The summed E-state index contributed by atoms with van der Waals surface area (Å²) in [7, 11) is -3.13. The zero-order valence-corrected chi connectivity index (χ0v) is 15.7. The normalized spacial score (nSPS) is 11.8. The third kappa shape index (κ3) is 4.80. The van der Waals surface area contributed by atoms with Crippen molar-refractivity contribution in [3.63, 3.8) is 0 Å². The van der Waals surface area contributed by atoms with Gasteiger partial charge in [0, 0.05) is 35.9 Å². The van der Waals surface area contributed by atoms with Crippen LogP contribution in [0.25, 0.3) is 5.69 Å². The third-order valence-corrected chi connectivity index (χ3v) is 5.47. The molecule has 0 atom stereocenters. The van der Waals surface area contributed by atoms with Crippen molar-refractivity contribution < 1.29 is 8.42 Å². The summed E-state index contributed by atoms with van der Waals surface area (Å²) in [5, 5.41) is 8.53. The molecule has 0 radical (unpaired) electrons. The summed E-state index contributed by atoms with van der Waals surface area (Å²) in [5.74, 6) is 0.0963. The minimum absolute atomic E-state index is 0.0963. The van der Waals surface area contributed by atoms with E-state index in [1.807, 2.05) is 42.8 Å². The Bertz CT molecular complexity index is 785. The van der Waals surface area contributed by atoms with Crippen LogP contribution in [0.1, 0.15) is 23.9 Å². The van der Waals surface area contributed by atoms with E-state index in [2.05, 4.69) is 15.1 Å². The van der Waals surface area contributed by atoms with E-state index in [0.29, 0.717) is 24.7 Å². The Morgan fingerprint density at radius 1 is 1.17 bits per heavy atom. The van der Waals surface area contributed by atoms with Crippen molar-refractivity contribution in [2.75, 3.05) is 18.8 Å². The van der Waals surface area contributed by atoms with Crippen molar-refractivity contribution in [3.05, 3.63) is 46.2 Å². The molecule has 1 aromatic carbocycles. The van der Waals surface area contributed by atoms with Crippen LogP contribution in [0.15, 0.2) is 24.3 Å². The maximum absolute atomic E-state index is 11.4. The molecule has 0 spiro atoms. The summed E-state index contributed by atoms with van der Waals surface area (Å²) in [4.78, 5) is 0. The number of nitrogens with zero attached hydrogens (tertiary/aromatic N) is 2. The van der Waals surface area contributed by atoms with Crippen LogP contribution < -0.4 is 10.0 Å². The van der Waals surface area contributed by atoms with Crippen LogP contribution in [-0.2, 0) is 16.6 Å². The highest BCUT2D eigenvalue weighted by atomic mass is 35.5. The summed E-state index contributed by atoms with van der Waals surface area (Å²) < 4.78 is 27.2. The number of nitrogens with one attached hydrogen (secondary N) is 2. The van der Waals surface area contributed by atoms with E-state index in [1.165, 1.54) is 0 Å². The maximum atomic E-state index is 11.4. The Balaban J connectivity index is 1.98. The van der Waals surface area contributed by atoms with Gasteiger partial charge in [-0.1, -0.05) is 11.6 Å². The van der Waals surface area contributed by atoms with Crippen LogP contribution in [0.2, 0.25) is 5.02 Å². The molecule has 1 aromatic heterocycles. The van der Waals surface area contributed by atoms with Gasteiger partial charge in [-0.3, -0.25) is 0 Å². The van der Waals surface area contributed by atoms with Gasteiger partial charge in [0.25, 0.3) is 0 Å². The standard InChI is InChI=1S/C16H23ClN4O2S/c1-4-24(22,23)19-10-9-18-11-16-12(2)20-21(13(16)3)15-7-5-14(17)6-8-15/h5-8,18-19H,4,9-11H2,1-3H3. The zero-order valence-electron chi connectivity index (χ0n) is 14.1. The van der Waals surface area contributed by atoms with Gasteiger partial charge in [-0.2, -0.15) is 5.10 Å². The lowest BCUT2D eigenvalue weighted by molar-refractivity contribution is 0.577. The second-order valence-electron chi connectivity index (χ2n) is 5.51. The van der Waals surface area contributed by atoms with Crippen molar-refractivity contribution in [1.29, 1.82) is 0 Å². The number of halogens is 1. The molecule has 0 amide bonds. The molecule has 0 aliphatic rings. The van der Waals surface area contributed by atoms with Crippen LogP contribution in [0.4, 0.5) is 0 Å². The van der Waals surface area contributed by atoms with Crippen molar-refractivity contribution in [1.82, 2.24) is 19.8 Å². The molecule has 0 aliphatic heterocycles. The quantitative estimate of drug-likeness (QED) is 0.698. The van der Waals surface area contributed by atoms with E-state index in [1.54, 1.807) is 6.92 Å². The largest absolute Gasteiger partial charge is 0.311 e. The summed E-state index contributed by atoms with van der Waals surface area (Å²) >= 11 is 5.93. The molecule has 24 heavy (non-hydrogen) atoms. The molecule has 0 fully saturated rings. The molecular weight excluding hydrogens is 348 g/mol. The lowest BCUT2D eigenvalue weighted by atomic mass is 10.2. The molecule has 0 unspecified atom stereocenters. The summed E-state index contributed by atoms with van der Waals surface area (Å²) in [6.45, 7) is 7.18. The number of aromatic nitrogens is 2. The van der Waals surface area contributed by atoms with E-state index < -0.39 is 10.0 Å². The highest BCUT2D eigenvalue weighted by Gasteiger charge is 2.12. The summed E-state index contributed by atoms with van der Waals surface area (Å²) in [5.41, 5.74) is 4.07. The van der Waals surface area contributed by atoms with Gasteiger partial charge in [0.1, 0.15) is 0 Å². The topological polar surface area (TPSA) is 76.0 Å². The van der Waals surface area contributed by atoms with Crippen molar-refractivity contribution in [2.45, 2.75) is 27.3 Å². The predicted octanol–water partition coefficient (Wildman–Crippen LogP) is 2.17.